The number of rotatable bonds is 6. The molecular formula is C18H32N4O5. The number of primary amides is 1. The average molecular weight is 384 g/mol. The summed E-state index contributed by atoms with van der Waals surface area (Å²) in [5.41, 5.74) is 4.79. The predicted octanol–water partition coefficient (Wildman–Crippen LogP) is -1.27. The van der Waals surface area contributed by atoms with Crippen molar-refractivity contribution in [2.75, 3.05) is 26.2 Å². The molecule has 0 bridgehead atoms. The molecule has 0 radical (unpaired) electrons. The Morgan fingerprint density at radius 1 is 1.30 bits per heavy atom. The highest BCUT2D eigenvalue weighted by atomic mass is 16.5. The Morgan fingerprint density at radius 3 is 2.48 bits per heavy atom. The van der Waals surface area contributed by atoms with E-state index >= 15 is 0 Å². The van der Waals surface area contributed by atoms with Gasteiger partial charge in [-0.05, 0) is 31.3 Å². The largest absolute Gasteiger partial charge is 0.391 e. The van der Waals surface area contributed by atoms with Crippen LogP contribution >= 0.6 is 0 Å². The number of nitrogens with one attached hydrogen (secondary N) is 2. The number of nitrogens with zero attached hydrogens (tertiary/aromatic N) is 1. The van der Waals surface area contributed by atoms with Crippen LogP contribution in [0.1, 0.15) is 40.0 Å². The van der Waals surface area contributed by atoms with E-state index in [-0.39, 0.29) is 31.6 Å². The molecule has 3 atom stereocenters. The Morgan fingerprint density at radius 2 is 1.93 bits per heavy atom. The van der Waals surface area contributed by atoms with Crippen molar-refractivity contribution in [1.82, 2.24) is 15.5 Å². The first-order valence-corrected chi connectivity index (χ1v) is 9.49. The molecule has 0 aromatic rings. The number of piperidine rings is 1. The smallest absolute Gasteiger partial charge is 0.246 e. The fourth-order valence-electron chi connectivity index (χ4n) is 3.50. The summed E-state index contributed by atoms with van der Waals surface area (Å²) in [6, 6.07) is -1.71. The van der Waals surface area contributed by atoms with Crippen LogP contribution < -0.4 is 16.4 Å². The number of β-amino-alcohol motifs (C(OH)–C–C–N with tert-alkyl or cyclic N) is 1. The van der Waals surface area contributed by atoms with Crippen molar-refractivity contribution in [1.29, 1.82) is 0 Å². The van der Waals surface area contributed by atoms with Crippen LogP contribution in [0.4, 0.5) is 0 Å². The van der Waals surface area contributed by atoms with Gasteiger partial charge >= 0.3 is 0 Å². The predicted molar refractivity (Wildman–Crippen MR) is 98.5 cm³/mol. The summed E-state index contributed by atoms with van der Waals surface area (Å²) in [7, 11) is 0. The molecule has 0 aromatic carbocycles. The highest BCUT2D eigenvalue weighted by molar-refractivity contribution is 5.92. The van der Waals surface area contributed by atoms with Gasteiger partial charge in [0, 0.05) is 13.0 Å². The summed E-state index contributed by atoms with van der Waals surface area (Å²) < 4.78 is 5.65. The highest BCUT2D eigenvalue weighted by Crippen LogP contribution is 2.26. The molecule has 2 unspecified atom stereocenters. The Bertz CT molecular complexity index is 556. The van der Waals surface area contributed by atoms with Crippen molar-refractivity contribution in [2.45, 2.75) is 64.3 Å². The summed E-state index contributed by atoms with van der Waals surface area (Å²) in [5, 5.41) is 15.8. The second-order valence-electron chi connectivity index (χ2n) is 8.43. The van der Waals surface area contributed by atoms with E-state index in [1.165, 1.54) is 4.90 Å². The first-order valence-electron chi connectivity index (χ1n) is 9.49. The molecule has 27 heavy (non-hydrogen) atoms. The van der Waals surface area contributed by atoms with Crippen molar-refractivity contribution >= 4 is 17.7 Å². The molecule has 154 valence electrons. The molecular weight excluding hydrogens is 352 g/mol. The van der Waals surface area contributed by atoms with Crippen LogP contribution in [0.2, 0.25) is 0 Å². The molecule has 2 heterocycles. The number of carbonyl (C=O) groups is 3. The summed E-state index contributed by atoms with van der Waals surface area (Å²) in [4.78, 5) is 38.3. The Balaban J connectivity index is 2.00. The summed E-state index contributed by atoms with van der Waals surface area (Å²) >= 11 is 0. The lowest BCUT2D eigenvalue weighted by Crippen LogP contribution is -2.58. The van der Waals surface area contributed by atoms with Gasteiger partial charge in [0.1, 0.15) is 18.7 Å². The van der Waals surface area contributed by atoms with Crippen LogP contribution in [0.15, 0.2) is 0 Å². The van der Waals surface area contributed by atoms with Crippen LogP contribution in [0, 0.1) is 5.41 Å². The van der Waals surface area contributed by atoms with Gasteiger partial charge in [-0.1, -0.05) is 20.8 Å². The minimum absolute atomic E-state index is 0.0282. The van der Waals surface area contributed by atoms with Gasteiger partial charge in [-0.2, -0.15) is 0 Å². The van der Waals surface area contributed by atoms with E-state index in [4.69, 9.17) is 10.5 Å². The minimum atomic E-state index is -0.861. The molecule has 2 saturated heterocycles. The van der Waals surface area contributed by atoms with Crippen LogP contribution in [-0.2, 0) is 19.1 Å². The van der Waals surface area contributed by atoms with Gasteiger partial charge < -0.3 is 31.1 Å². The maximum Gasteiger partial charge on any atom is 0.246 e. The third-order valence-electron chi connectivity index (χ3n) is 5.05. The van der Waals surface area contributed by atoms with E-state index in [2.05, 4.69) is 10.6 Å². The number of hydrogen-bond donors (Lipinski definition) is 4. The SMILES string of the molecule is CC(C)(C)[C@H](NC(=O)COC1CCNCC1)C(=O)N1CC(O)CC1C(N)=O. The molecule has 0 aliphatic carbocycles. The zero-order chi connectivity index (χ0) is 20.2. The average Bonchev–Trinajstić information content (AvgIpc) is 2.99. The number of aliphatic hydroxyl groups excluding tert-OH is 1. The molecule has 9 nitrogen and oxygen atoms in total. The van der Waals surface area contributed by atoms with Crippen molar-refractivity contribution in [3.63, 3.8) is 0 Å². The topological polar surface area (TPSA) is 134 Å². The number of likely N-dealkylation sites (tertiary alicyclic amines) is 1. The number of amides is 3. The maximum atomic E-state index is 13.0. The number of ether oxygens (including phenoxy) is 1. The van der Waals surface area contributed by atoms with Gasteiger partial charge in [0.2, 0.25) is 17.7 Å². The molecule has 2 aliphatic heterocycles. The lowest BCUT2D eigenvalue weighted by molar-refractivity contribution is -0.144. The lowest BCUT2D eigenvalue weighted by atomic mass is 9.85. The molecule has 2 rings (SSSR count). The lowest BCUT2D eigenvalue weighted by Gasteiger charge is -2.35. The van der Waals surface area contributed by atoms with E-state index < -0.39 is 35.4 Å². The Kier molecular flexibility index (Phi) is 7.19. The molecule has 5 N–H and O–H groups in total. The minimum Gasteiger partial charge on any atom is -0.391 e. The molecule has 0 spiro atoms. The Hall–Kier alpha value is -1.71. The fourth-order valence-corrected chi connectivity index (χ4v) is 3.50. The summed E-state index contributed by atoms with van der Waals surface area (Å²) in [6.45, 7) is 7.12. The molecule has 0 saturated carbocycles. The van der Waals surface area contributed by atoms with Gasteiger partial charge in [0.25, 0.3) is 0 Å². The first kappa shape index (κ1) is 21.6. The molecule has 0 aromatic heterocycles. The normalized spacial score (nSPS) is 25.3. The van der Waals surface area contributed by atoms with Crippen LogP contribution in [0.5, 0.6) is 0 Å². The van der Waals surface area contributed by atoms with Gasteiger partial charge in [-0.25, -0.2) is 0 Å². The van der Waals surface area contributed by atoms with Gasteiger partial charge in [-0.15, -0.1) is 0 Å². The monoisotopic (exact) mass is 384 g/mol. The van der Waals surface area contributed by atoms with Crippen molar-refractivity contribution in [3.05, 3.63) is 0 Å². The number of nitrogens with two attached hydrogens (primary N) is 1. The zero-order valence-corrected chi connectivity index (χ0v) is 16.4. The molecule has 3 amide bonds. The quantitative estimate of drug-likeness (QED) is 0.451. The molecule has 2 aliphatic rings. The number of hydrogen-bond acceptors (Lipinski definition) is 6. The fraction of sp³-hybridized carbons (Fsp3) is 0.833. The number of carbonyl (C=O) groups excluding carboxylic acids is 3. The highest BCUT2D eigenvalue weighted by Gasteiger charge is 2.43. The standard InChI is InChI=1S/C18H32N4O5/c1-18(2,3)15(17(26)22-9-11(23)8-13(22)16(19)25)21-14(24)10-27-12-4-6-20-7-5-12/h11-13,15,20,23H,4-10H2,1-3H3,(H2,19,25)(H,21,24)/t11?,13?,15-/m1/s1. The molecule has 2 fully saturated rings. The van der Waals surface area contributed by atoms with E-state index in [0.29, 0.717) is 0 Å². The van der Waals surface area contributed by atoms with Gasteiger partial charge in [0.05, 0.1) is 12.2 Å². The van der Waals surface area contributed by atoms with E-state index in [1.54, 1.807) is 0 Å². The second kappa shape index (κ2) is 8.99. The van der Waals surface area contributed by atoms with Crippen LogP contribution in [0.25, 0.3) is 0 Å². The Labute approximate surface area is 160 Å². The third kappa shape index (κ3) is 5.88. The van der Waals surface area contributed by atoms with Crippen molar-refractivity contribution in [2.24, 2.45) is 11.1 Å². The summed E-state index contributed by atoms with van der Waals surface area (Å²) in [6.07, 6.45) is 1.05. The third-order valence-corrected chi connectivity index (χ3v) is 5.05. The van der Waals surface area contributed by atoms with E-state index in [0.717, 1.165) is 25.9 Å². The second-order valence-corrected chi connectivity index (χ2v) is 8.43. The van der Waals surface area contributed by atoms with Gasteiger partial charge in [0.15, 0.2) is 0 Å². The first-order chi connectivity index (χ1) is 12.6. The van der Waals surface area contributed by atoms with Crippen LogP contribution in [0.3, 0.4) is 0 Å². The van der Waals surface area contributed by atoms with Crippen LogP contribution in [-0.4, -0.2) is 78.3 Å². The van der Waals surface area contributed by atoms with Gasteiger partial charge in [-0.3, -0.25) is 14.4 Å². The number of aliphatic hydroxyl groups is 1. The van der Waals surface area contributed by atoms with E-state index in [1.807, 2.05) is 20.8 Å². The van der Waals surface area contributed by atoms with E-state index in [9.17, 15) is 19.5 Å². The summed E-state index contributed by atoms with van der Waals surface area (Å²) in [5.74, 6) is -1.46. The zero-order valence-electron chi connectivity index (χ0n) is 16.4. The van der Waals surface area contributed by atoms with Crippen molar-refractivity contribution < 1.29 is 24.2 Å². The maximum absolute atomic E-state index is 13.0. The molecule has 9 heteroatoms. The van der Waals surface area contributed by atoms with Crippen molar-refractivity contribution in [3.8, 4) is 0 Å².